The summed E-state index contributed by atoms with van der Waals surface area (Å²) in [6, 6.07) is 0.970. The Morgan fingerprint density at radius 2 is 2.30 bits per heavy atom. The second-order valence-corrected chi connectivity index (χ2v) is 2.30. The molecule has 0 saturated carbocycles. The number of alkyl halides is 2. The lowest BCUT2D eigenvalue weighted by atomic mass is 10.0. The molecule has 1 rings (SSSR count). The van der Waals surface area contributed by atoms with E-state index in [0.29, 0.717) is 13.0 Å². The summed E-state index contributed by atoms with van der Waals surface area (Å²) in [7, 11) is 0. The first kappa shape index (κ1) is 7.42. The molecular weight excluding hydrogens is 140 g/mol. The molecule has 0 aromatic carbocycles. The zero-order chi connectivity index (χ0) is 7.61. The Hall–Kier alpha value is -0.690. The molecular formula is C6H7F2NO. The minimum atomic E-state index is -3.20. The van der Waals surface area contributed by atoms with Gasteiger partial charge in [0.05, 0.1) is 12.5 Å². The number of ether oxygens (including phenoxy) is 1. The van der Waals surface area contributed by atoms with Crippen molar-refractivity contribution in [3.63, 3.8) is 0 Å². The molecule has 0 N–H and O–H groups in total. The van der Waals surface area contributed by atoms with Gasteiger partial charge in [0.2, 0.25) is 0 Å². The maximum absolute atomic E-state index is 12.4. The van der Waals surface area contributed by atoms with Gasteiger partial charge in [-0.2, -0.15) is 14.0 Å². The van der Waals surface area contributed by atoms with Crippen molar-refractivity contribution in [3.8, 4) is 6.07 Å². The first-order valence-corrected chi connectivity index (χ1v) is 3.03. The smallest absolute Gasteiger partial charge is 0.337 e. The van der Waals surface area contributed by atoms with Gasteiger partial charge in [-0.3, -0.25) is 0 Å². The van der Waals surface area contributed by atoms with Crippen LogP contribution in [0.25, 0.3) is 0 Å². The number of hydrogen-bond donors (Lipinski definition) is 0. The van der Waals surface area contributed by atoms with Crippen LogP contribution in [0.5, 0.6) is 0 Å². The van der Waals surface area contributed by atoms with Crippen LogP contribution in [0.2, 0.25) is 0 Å². The van der Waals surface area contributed by atoms with Crippen molar-refractivity contribution in [1.82, 2.24) is 0 Å². The minimum Gasteiger partial charge on any atom is -0.381 e. The van der Waals surface area contributed by atoms with Gasteiger partial charge in [0.15, 0.2) is 0 Å². The van der Waals surface area contributed by atoms with E-state index in [1.54, 1.807) is 0 Å². The summed E-state index contributed by atoms with van der Waals surface area (Å²) in [5.41, 5.74) is 0. The molecule has 1 atom stereocenters. The predicted molar refractivity (Wildman–Crippen MR) is 29.5 cm³/mol. The summed E-state index contributed by atoms with van der Waals surface area (Å²) in [6.07, 6.45) is 0.292. The summed E-state index contributed by atoms with van der Waals surface area (Å²) in [5.74, 6) is -4.09. The first-order valence-electron chi connectivity index (χ1n) is 3.03. The van der Waals surface area contributed by atoms with Gasteiger partial charge in [-0.15, -0.1) is 0 Å². The second-order valence-electron chi connectivity index (χ2n) is 2.30. The molecule has 0 aliphatic carbocycles. The monoisotopic (exact) mass is 147 g/mol. The molecule has 0 bridgehead atoms. The Kier molecular flexibility index (Phi) is 1.86. The molecule has 56 valence electrons. The van der Waals surface area contributed by atoms with Crippen LogP contribution in [0.4, 0.5) is 8.78 Å². The summed E-state index contributed by atoms with van der Waals surface area (Å²) in [5, 5.41) is 8.00. The van der Waals surface area contributed by atoms with Crippen LogP contribution in [0, 0.1) is 17.2 Å². The van der Waals surface area contributed by atoms with Gasteiger partial charge < -0.3 is 4.74 Å². The van der Waals surface area contributed by atoms with Gasteiger partial charge >= 0.3 is 5.92 Å². The highest BCUT2D eigenvalue weighted by molar-refractivity contribution is 4.97. The predicted octanol–water partition coefficient (Wildman–Crippen LogP) is 1.18. The molecule has 10 heavy (non-hydrogen) atoms. The van der Waals surface area contributed by atoms with E-state index in [1.807, 2.05) is 0 Å². The van der Waals surface area contributed by atoms with E-state index in [4.69, 9.17) is 10.00 Å². The average Bonchev–Trinajstić information content (AvgIpc) is 2.38. The Balaban J connectivity index is 2.56. The SMILES string of the molecule is N#CC(F)(F)C1CCOC1. The number of hydrogen-bond acceptors (Lipinski definition) is 2. The molecule has 1 aliphatic rings. The van der Waals surface area contributed by atoms with Crippen molar-refractivity contribution in [2.75, 3.05) is 13.2 Å². The third kappa shape index (κ3) is 1.24. The fourth-order valence-electron chi connectivity index (χ4n) is 0.912. The molecule has 0 aromatic heterocycles. The molecule has 1 fully saturated rings. The molecule has 0 spiro atoms. The molecule has 4 heteroatoms. The fraction of sp³-hybridized carbons (Fsp3) is 0.833. The molecule has 1 aliphatic heterocycles. The van der Waals surface area contributed by atoms with E-state index < -0.39 is 11.8 Å². The number of rotatable bonds is 1. The fourth-order valence-corrected chi connectivity index (χ4v) is 0.912. The van der Waals surface area contributed by atoms with E-state index in [2.05, 4.69) is 0 Å². The summed E-state index contributed by atoms with van der Waals surface area (Å²) in [4.78, 5) is 0. The standard InChI is InChI=1S/C6H7F2NO/c7-6(8,4-9)5-1-2-10-3-5/h5H,1-3H2. The first-order chi connectivity index (χ1) is 4.67. The number of nitrogens with zero attached hydrogens (tertiary/aromatic N) is 1. The zero-order valence-corrected chi connectivity index (χ0v) is 5.31. The molecule has 1 unspecified atom stereocenters. The van der Waals surface area contributed by atoms with E-state index in [1.165, 1.54) is 0 Å². The highest BCUT2D eigenvalue weighted by Crippen LogP contribution is 2.29. The largest absolute Gasteiger partial charge is 0.381 e. The minimum absolute atomic E-state index is 0.0144. The lowest BCUT2D eigenvalue weighted by Crippen LogP contribution is -2.26. The van der Waals surface area contributed by atoms with Crippen LogP contribution in [-0.2, 0) is 4.74 Å². The van der Waals surface area contributed by atoms with Crippen LogP contribution in [0.15, 0.2) is 0 Å². The Morgan fingerprint density at radius 1 is 1.60 bits per heavy atom. The normalized spacial score (nSPS) is 26.3. The molecule has 1 heterocycles. The van der Waals surface area contributed by atoms with E-state index >= 15 is 0 Å². The zero-order valence-electron chi connectivity index (χ0n) is 5.31. The molecule has 1 saturated heterocycles. The van der Waals surface area contributed by atoms with Crippen molar-refractivity contribution in [2.24, 2.45) is 5.92 Å². The Labute approximate surface area is 57.4 Å². The van der Waals surface area contributed by atoms with Crippen molar-refractivity contribution >= 4 is 0 Å². The lowest BCUT2D eigenvalue weighted by molar-refractivity contribution is -0.00475. The van der Waals surface area contributed by atoms with E-state index in [-0.39, 0.29) is 6.61 Å². The van der Waals surface area contributed by atoms with E-state index in [9.17, 15) is 8.78 Å². The quantitative estimate of drug-likeness (QED) is 0.558. The summed E-state index contributed by atoms with van der Waals surface area (Å²) >= 11 is 0. The second kappa shape index (κ2) is 2.51. The summed E-state index contributed by atoms with van der Waals surface area (Å²) in [6.45, 7) is 0.364. The van der Waals surface area contributed by atoms with Crippen molar-refractivity contribution < 1.29 is 13.5 Å². The molecule has 2 nitrogen and oxygen atoms in total. The van der Waals surface area contributed by atoms with Crippen LogP contribution in [0.3, 0.4) is 0 Å². The highest BCUT2D eigenvalue weighted by atomic mass is 19.3. The lowest BCUT2D eigenvalue weighted by Gasteiger charge is -2.12. The maximum Gasteiger partial charge on any atom is 0.337 e. The van der Waals surface area contributed by atoms with Crippen LogP contribution >= 0.6 is 0 Å². The third-order valence-electron chi connectivity index (χ3n) is 1.59. The molecule has 0 aromatic rings. The number of nitriles is 1. The molecule has 0 radical (unpaired) electrons. The van der Waals surface area contributed by atoms with E-state index in [0.717, 1.165) is 6.07 Å². The van der Waals surface area contributed by atoms with Gasteiger partial charge in [0, 0.05) is 6.61 Å². The van der Waals surface area contributed by atoms with Gasteiger partial charge in [0.1, 0.15) is 6.07 Å². The van der Waals surface area contributed by atoms with Gasteiger partial charge in [0.25, 0.3) is 0 Å². The van der Waals surface area contributed by atoms with Crippen molar-refractivity contribution in [2.45, 2.75) is 12.3 Å². The Morgan fingerprint density at radius 3 is 2.70 bits per heavy atom. The number of halogens is 2. The molecule has 0 amide bonds. The summed E-state index contributed by atoms with van der Waals surface area (Å²) < 4.78 is 29.5. The van der Waals surface area contributed by atoms with Gasteiger partial charge in [-0.1, -0.05) is 0 Å². The average molecular weight is 147 g/mol. The van der Waals surface area contributed by atoms with Crippen LogP contribution in [-0.4, -0.2) is 19.1 Å². The highest BCUT2D eigenvalue weighted by Gasteiger charge is 2.41. The maximum atomic E-state index is 12.4. The van der Waals surface area contributed by atoms with Crippen molar-refractivity contribution in [3.05, 3.63) is 0 Å². The Bertz CT molecular complexity index is 158. The van der Waals surface area contributed by atoms with Gasteiger partial charge in [-0.25, -0.2) is 0 Å². The van der Waals surface area contributed by atoms with Crippen molar-refractivity contribution in [1.29, 1.82) is 5.26 Å². The van der Waals surface area contributed by atoms with Crippen LogP contribution in [0.1, 0.15) is 6.42 Å². The topological polar surface area (TPSA) is 33.0 Å². The van der Waals surface area contributed by atoms with Gasteiger partial charge in [-0.05, 0) is 6.42 Å². The third-order valence-corrected chi connectivity index (χ3v) is 1.59. The van der Waals surface area contributed by atoms with Crippen LogP contribution < -0.4 is 0 Å².